The number of hydrogen-bond donors (Lipinski definition) is 1. The van der Waals surface area contributed by atoms with Crippen LogP contribution in [-0.2, 0) is 17.8 Å². The average Bonchev–Trinajstić information content (AvgIpc) is 2.77. The smallest absolute Gasteiger partial charge is 0.317 e. The number of amides is 3. The van der Waals surface area contributed by atoms with E-state index < -0.39 is 0 Å². The molecule has 0 bridgehead atoms. The molecule has 0 aliphatic carbocycles. The first-order valence-electron chi connectivity index (χ1n) is 9.83. The number of carbonyl (C=O) groups excluding carboxylic acids is 2. The van der Waals surface area contributed by atoms with Crippen LogP contribution in [0.15, 0.2) is 46.9 Å². The Kier molecular flexibility index (Phi) is 7.99. The molecule has 1 N–H and O–H groups in total. The molecule has 30 heavy (non-hydrogen) atoms. The van der Waals surface area contributed by atoms with Gasteiger partial charge >= 0.3 is 6.03 Å². The molecule has 0 radical (unpaired) electrons. The van der Waals surface area contributed by atoms with Crippen LogP contribution in [0.25, 0.3) is 0 Å². The van der Waals surface area contributed by atoms with Crippen molar-refractivity contribution in [3.8, 4) is 5.75 Å². The summed E-state index contributed by atoms with van der Waals surface area (Å²) in [6.45, 7) is 2.51. The fourth-order valence-electron chi connectivity index (χ4n) is 3.31. The second-order valence-electron chi connectivity index (χ2n) is 7.11. The average molecular weight is 495 g/mol. The van der Waals surface area contributed by atoms with Crippen molar-refractivity contribution in [2.75, 3.05) is 33.3 Å². The van der Waals surface area contributed by atoms with E-state index in [0.29, 0.717) is 50.6 Å². The summed E-state index contributed by atoms with van der Waals surface area (Å²) in [4.78, 5) is 28.5. The van der Waals surface area contributed by atoms with E-state index in [9.17, 15) is 9.59 Å². The minimum absolute atomic E-state index is 0.118. The van der Waals surface area contributed by atoms with Crippen molar-refractivity contribution in [2.45, 2.75) is 19.4 Å². The summed E-state index contributed by atoms with van der Waals surface area (Å²) in [6.07, 6.45) is 1.15. The van der Waals surface area contributed by atoms with Crippen LogP contribution in [0.3, 0.4) is 0 Å². The van der Waals surface area contributed by atoms with Gasteiger partial charge in [0.05, 0.1) is 7.11 Å². The van der Waals surface area contributed by atoms with Gasteiger partial charge in [-0.05, 0) is 41.8 Å². The molecule has 2 aromatic carbocycles. The highest BCUT2D eigenvalue weighted by Crippen LogP contribution is 2.21. The quantitative estimate of drug-likeness (QED) is 0.658. The zero-order valence-electron chi connectivity index (χ0n) is 16.9. The van der Waals surface area contributed by atoms with Crippen LogP contribution >= 0.6 is 27.5 Å². The molecule has 0 spiro atoms. The Labute approximate surface area is 190 Å². The molecule has 1 aliphatic rings. The van der Waals surface area contributed by atoms with Gasteiger partial charge in [-0.1, -0.05) is 45.7 Å². The highest BCUT2D eigenvalue weighted by molar-refractivity contribution is 9.10. The van der Waals surface area contributed by atoms with Crippen LogP contribution in [0.5, 0.6) is 5.75 Å². The zero-order valence-corrected chi connectivity index (χ0v) is 19.2. The third kappa shape index (κ3) is 6.12. The lowest BCUT2D eigenvalue weighted by atomic mass is 10.1. The molecule has 2 aromatic rings. The van der Waals surface area contributed by atoms with Crippen LogP contribution in [0.4, 0.5) is 4.79 Å². The fourth-order valence-corrected chi connectivity index (χ4v) is 4.05. The number of rotatable bonds is 6. The molecule has 1 fully saturated rings. The monoisotopic (exact) mass is 493 g/mol. The molecule has 6 nitrogen and oxygen atoms in total. The van der Waals surface area contributed by atoms with E-state index in [-0.39, 0.29) is 11.9 Å². The Bertz CT molecular complexity index is 884. The molecular weight excluding hydrogens is 470 g/mol. The predicted octanol–water partition coefficient (Wildman–Crippen LogP) is 4.10. The van der Waals surface area contributed by atoms with Crippen molar-refractivity contribution in [1.29, 1.82) is 0 Å². The number of urea groups is 1. The Hall–Kier alpha value is -2.25. The van der Waals surface area contributed by atoms with Gasteiger partial charge in [0, 0.05) is 48.6 Å². The van der Waals surface area contributed by atoms with E-state index in [1.165, 1.54) is 0 Å². The summed E-state index contributed by atoms with van der Waals surface area (Å²) in [5.41, 5.74) is 1.97. The van der Waals surface area contributed by atoms with E-state index in [0.717, 1.165) is 21.3 Å². The number of benzene rings is 2. The third-order valence-corrected chi connectivity index (χ3v) is 6.00. The topological polar surface area (TPSA) is 61.9 Å². The Morgan fingerprint density at radius 1 is 1.07 bits per heavy atom. The van der Waals surface area contributed by atoms with Gasteiger partial charge in [-0.3, -0.25) is 4.79 Å². The van der Waals surface area contributed by atoms with Crippen LogP contribution in [0, 0.1) is 0 Å². The molecule has 160 valence electrons. The summed E-state index contributed by atoms with van der Waals surface area (Å²) < 4.78 is 6.05. The highest BCUT2D eigenvalue weighted by Gasteiger charge is 2.23. The number of nitrogens with one attached hydrogen (secondary N) is 1. The van der Waals surface area contributed by atoms with Crippen LogP contribution < -0.4 is 10.1 Å². The van der Waals surface area contributed by atoms with Crippen LogP contribution in [0.1, 0.15) is 17.5 Å². The number of aryl methyl sites for hydroxylation is 1. The van der Waals surface area contributed by atoms with Gasteiger partial charge < -0.3 is 19.9 Å². The van der Waals surface area contributed by atoms with Gasteiger partial charge in [-0.15, -0.1) is 0 Å². The van der Waals surface area contributed by atoms with Crippen LogP contribution in [-0.4, -0.2) is 55.0 Å². The normalized spacial score (nSPS) is 13.8. The maximum atomic E-state index is 12.5. The third-order valence-electron chi connectivity index (χ3n) is 5.15. The van der Waals surface area contributed by atoms with E-state index in [4.69, 9.17) is 16.3 Å². The summed E-state index contributed by atoms with van der Waals surface area (Å²) in [7, 11) is 1.63. The van der Waals surface area contributed by atoms with Gasteiger partial charge in [0.25, 0.3) is 0 Å². The number of ether oxygens (including phenoxy) is 1. The summed E-state index contributed by atoms with van der Waals surface area (Å²) in [5.74, 6) is 0.925. The second-order valence-corrected chi connectivity index (χ2v) is 8.43. The SMILES string of the molecule is COc1ccc(CCC(=O)N2CCN(C(=O)NCc3ccc(Br)cc3Cl)CC2)cc1. The molecule has 0 unspecified atom stereocenters. The molecule has 8 heteroatoms. The van der Waals surface area contributed by atoms with Gasteiger partial charge in [-0.25, -0.2) is 4.79 Å². The van der Waals surface area contributed by atoms with Gasteiger partial charge in [0.2, 0.25) is 5.91 Å². The molecule has 0 aromatic heterocycles. The van der Waals surface area contributed by atoms with E-state index >= 15 is 0 Å². The Balaban J connectivity index is 1.40. The first kappa shape index (κ1) is 22.4. The standard InChI is InChI=1S/C22H25BrClN3O3/c1-30-19-7-2-16(3-8-19)4-9-21(28)26-10-12-27(13-11-26)22(29)25-15-17-5-6-18(23)14-20(17)24/h2-3,5-8,14H,4,9-13,15H2,1H3,(H,25,29). The van der Waals surface area contributed by atoms with E-state index in [1.807, 2.05) is 41.3 Å². The molecule has 1 aliphatic heterocycles. The molecule has 0 saturated carbocycles. The second kappa shape index (κ2) is 10.7. The van der Waals surface area contributed by atoms with Gasteiger partial charge in [0.1, 0.15) is 5.75 Å². The number of halogens is 2. The van der Waals surface area contributed by atoms with Crippen molar-refractivity contribution in [3.63, 3.8) is 0 Å². The largest absolute Gasteiger partial charge is 0.497 e. The summed E-state index contributed by atoms with van der Waals surface area (Å²) in [6, 6.07) is 13.2. The van der Waals surface area contributed by atoms with Gasteiger partial charge in [0.15, 0.2) is 0 Å². The van der Waals surface area contributed by atoms with Crippen molar-refractivity contribution in [2.24, 2.45) is 0 Å². The lowest BCUT2D eigenvalue weighted by Gasteiger charge is -2.34. The fraction of sp³-hybridized carbons (Fsp3) is 0.364. The number of piperazine rings is 1. The molecule has 3 amide bonds. The molecule has 1 heterocycles. The number of carbonyl (C=O) groups is 2. The summed E-state index contributed by atoms with van der Waals surface area (Å²) >= 11 is 9.57. The van der Waals surface area contributed by atoms with Crippen molar-refractivity contribution in [1.82, 2.24) is 15.1 Å². The maximum absolute atomic E-state index is 12.5. The first-order chi connectivity index (χ1) is 14.5. The number of methoxy groups -OCH3 is 1. The zero-order chi connectivity index (χ0) is 21.5. The Morgan fingerprint density at radius 2 is 1.73 bits per heavy atom. The molecule has 3 rings (SSSR count). The highest BCUT2D eigenvalue weighted by atomic mass is 79.9. The molecular formula is C22H25BrClN3O3. The molecule has 1 saturated heterocycles. The summed E-state index contributed by atoms with van der Waals surface area (Å²) in [5, 5.41) is 3.51. The Morgan fingerprint density at radius 3 is 2.37 bits per heavy atom. The van der Waals surface area contributed by atoms with E-state index in [2.05, 4.69) is 21.2 Å². The van der Waals surface area contributed by atoms with Gasteiger partial charge in [-0.2, -0.15) is 0 Å². The predicted molar refractivity (Wildman–Crippen MR) is 121 cm³/mol. The minimum Gasteiger partial charge on any atom is -0.497 e. The lowest BCUT2D eigenvalue weighted by Crippen LogP contribution is -2.53. The minimum atomic E-state index is -0.140. The maximum Gasteiger partial charge on any atom is 0.317 e. The van der Waals surface area contributed by atoms with Crippen molar-refractivity contribution < 1.29 is 14.3 Å². The molecule has 0 atom stereocenters. The van der Waals surface area contributed by atoms with Crippen LogP contribution in [0.2, 0.25) is 5.02 Å². The first-order valence-corrected chi connectivity index (χ1v) is 11.0. The lowest BCUT2D eigenvalue weighted by molar-refractivity contribution is -0.132. The van der Waals surface area contributed by atoms with Crippen molar-refractivity contribution in [3.05, 3.63) is 63.1 Å². The number of hydrogen-bond acceptors (Lipinski definition) is 3. The van der Waals surface area contributed by atoms with E-state index in [1.54, 1.807) is 18.1 Å². The van der Waals surface area contributed by atoms with Crippen molar-refractivity contribution >= 4 is 39.5 Å². The number of nitrogens with zero attached hydrogens (tertiary/aromatic N) is 2.